The van der Waals surface area contributed by atoms with Gasteiger partial charge in [-0.25, -0.2) is 4.39 Å². The SMILES string of the molecule is Cc1cc(Oc2cccc(C(C)NC(=O)c3cc4cc(F)ccc4[nH]3)c2)ccc1CCC(=O)O. The van der Waals surface area contributed by atoms with E-state index in [1.807, 2.05) is 56.3 Å². The number of carboxylic acids is 1. The Hall–Kier alpha value is -4.13. The molecule has 0 spiro atoms. The minimum absolute atomic E-state index is 0.0854. The van der Waals surface area contributed by atoms with Crippen LogP contribution in [0.3, 0.4) is 0 Å². The zero-order chi connectivity index (χ0) is 24.2. The van der Waals surface area contributed by atoms with Crippen LogP contribution in [0.4, 0.5) is 4.39 Å². The highest BCUT2D eigenvalue weighted by Gasteiger charge is 2.15. The number of carbonyl (C=O) groups is 2. The highest BCUT2D eigenvalue weighted by atomic mass is 19.1. The molecule has 0 saturated heterocycles. The number of carbonyl (C=O) groups excluding carboxylic acids is 1. The fourth-order valence-corrected chi connectivity index (χ4v) is 3.82. The molecule has 4 aromatic rings. The topological polar surface area (TPSA) is 91.4 Å². The molecule has 0 fully saturated rings. The number of halogens is 1. The van der Waals surface area contributed by atoms with Gasteiger partial charge in [0, 0.05) is 17.3 Å². The van der Waals surface area contributed by atoms with E-state index in [9.17, 15) is 14.0 Å². The first-order valence-electron chi connectivity index (χ1n) is 11.0. The maximum absolute atomic E-state index is 13.4. The van der Waals surface area contributed by atoms with E-state index in [4.69, 9.17) is 9.84 Å². The zero-order valence-electron chi connectivity index (χ0n) is 18.9. The average Bonchev–Trinajstić information content (AvgIpc) is 3.22. The number of aliphatic carboxylic acids is 1. The molecule has 0 bridgehead atoms. The van der Waals surface area contributed by atoms with E-state index < -0.39 is 5.97 Å². The first-order valence-corrected chi connectivity index (χ1v) is 11.0. The van der Waals surface area contributed by atoms with Crippen molar-refractivity contribution in [2.75, 3.05) is 0 Å². The van der Waals surface area contributed by atoms with E-state index >= 15 is 0 Å². The van der Waals surface area contributed by atoms with Crippen LogP contribution in [0.25, 0.3) is 10.9 Å². The molecule has 3 aromatic carbocycles. The molecule has 0 aliphatic carbocycles. The van der Waals surface area contributed by atoms with Crippen LogP contribution in [-0.2, 0) is 11.2 Å². The van der Waals surface area contributed by atoms with Crippen LogP contribution in [0.5, 0.6) is 11.5 Å². The number of aromatic amines is 1. The van der Waals surface area contributed by atoms with Crippen LogP contribution >= 0.6 is 0 Å². The molecule has 1 amide bonds. The number of hydrogen-bond donors (Lipinski definition) is 3. The van der Waals surface area contributed by atoms with Crippen LogP contribution in [0.15, 0.2) is 66.7 Å². The highest BCUT2D eigenvalue weighted by Crippen LogP contribution is 2.27. The van der Waals surface area contributed by atoms with Gasteiger partial charge in [-0.3, -0.25) is 9.59 Å². The minimum atomic E-state index is -0.823. The third-order valence-electron chi connectivity index (χ3n) is 5.69. The summed E-state index contributed by atoms with van der Waals surface area (Å²) in [6.07, 6.45) is 0.557. The molecule has 6 nitrogen and oxygen atoms in total. The Balaban J connectivity index is 1.43. The number of hydrogen-bond acceptors (Lipinski definition) is 3. The summed E-state index contributed by atoms with van der Waals surface area (Å²) in [5.74, 6) is -0.193. The summed E-state index contributed by atoms with van der Waals surface area (Å²) < 4.78 is 19.4. The molecule has 3 N–H and O–H groups in total. The normalized spacial score (nSPS) is 11.9. The summed E-state index contributed by atoms with van der Waals surface area (Å²) in [5, 5.41) is 12.5. The van der Waals surface area contributed by atoms with Crippen LogP contribution in [0.2, 0.25) is 0 Å². The lowest BCUT2D eigenvalue weighted by atomic mass is 10.0. The number of aryl methyl sites for hydroxylation is 2. The number of ether oxygens (including phenoxy) is 1. The van der Waals surface area contributed by atoms with Gasteiger partial charge in [0.15, 0.2) is 0 Å². The van der Waals surface area contributed by atoms with Gasteiger partial charge in [0.05, 0.1) is 6.04 Å². The Kier molecular flexibility index (Phi) is 6.63. The molecular formula is C27H25FN2O4. The third kappa shape index (κ3) is 5.43. The molecule has 1 aromatic heterocycles. The molecule has 0 saturated carbocycles. The number of rotatable bonds is 8. The quantitative estimate of drug-likeness (QED) is 0.305. The number of aromatic nitrogens is 1. The predicted octanol–water partition coefficient (Wildman–Crippen LogP) is 5.92. The number of amides is 1. The molecular weight excluding hydrogens is 435 g/mol. The van der Waals surface area contributed by atoms with E-state index in [0.29, 0.717) is 34.5 Å². The number of nitrogens with one attached hydrogen (secondary N) is 2. The maximum Gasteiger partial charge on any atom is 0.303 e. The number of fused-ring (bicyclic) bond motifs is 1. The largest absolute Gasteiger partial charge is 0.481 e. The molecule has 34 heavy (non-hydrogen) atoms. The summed E-state index contributed by atoms with van der Waals surface area (Å²) >= 11 is 0. The third-order valence-corrected chi connectivity index (χ3v) is 5.69. The van der Waals surface area contributed by atoms with Gasteiger partial charge < -0.3 is 20.1 Å². The summed E-state index contributed by atoms with van der Waals surface area (Å²) in [6, 6.07) is 18.7. The van der Waals surface area contributed by atoms with E-state index in [1.54, 1.807) is 12.1 Å². The Morgan fingerprint density at radius 2 is 1.85 bits per heavy atom. The molecule has 1 heterocycles. The smallest absolute Gasteiger partial charge is 0.303 e. The lowest BCUT2D eigenvalue weighted by molar-refractivity contribution is -0.136. The lowest BCUT2D eigenvalue weighted by Crippen LogP contribution is -2.26. The Morgan fingerprint density at radius 1 is 1.06 bits per heavy atom. The zero-order valence-corrected chi connectivity index (χ0v) is 18.9. The van der Waals surface area contributed by atoms with Crippen LogP contribution in [0, 0.1) is 12.7 Å². The molecule has 1 atom stereocenters. The summed E-state index contributed by atoms with van der Waals surface area (Å²) in [5.41, 5.74) is 3.85. The van der Waals surface area contributed by atoms with Crippen molar-refractivity contribution in [1.29, 1.82) is 0 Å². The second-order valence-corrected chi connectivity index (χ2v) is 8.27. The van der Waals surface area contributed by atoms with Crippen LogP contribution in [0.1, 0.15) is 46.6 Å². The summed E-state index contributed by atoms with van der Waals surface area (Å²) in [7, 11) is 0. The van der Waals surface area contributed by atoms with Gasteiger partial charge in [-0.15, -0.1) is 0 Å². The van der Waals surface area contributed by atoms with E-state index in [0.717, 1.165) is 16.7 Å². The fraction of sp³-hybridized carbons (Fsp3) is 0.185. The second kappa shape index (κ2) is 9.79. The van der Waals surface area contributed by atoms with Gasteiger partial charge in [-0.05, 0) is 85.5 Å². The van der Waals surface area contributed by atoms with Crippen molar-refractivity contribution < 1.29 is 23.8 Å². The molecule has 0 radical (unpaired) electrons. The van der Waals surface area contributed by atoms with Crippen LogP contribution < -0.4 is 10.1 Å². The lowest BCUT2D eigenvalue weighted by Gasteiger charge is -2.15. The highest BCUT2D eigenvalue weighted by molar-refractivity contribution is 5.98. The van der Waals surface area contributed by atoms with Crippen LogP contribution in [-0.4, -0.2) is 22.0 Å². The van der Waals surface area contributed by atoms with Gasteiger partial charge in [0.2, 0.25) is 0 Å². The molecule has 0 aliphatic rings. The maximum atomic E-state index is 13.4. The van der Waals surface area contributed by atoms with E-state index in [1.165, 1.54) is 12.1 Å². The summed E-state index contributed by atoms with van der Waals surface area (Å²) in [4.78, 5) is 26.5. The molecule has 0 aliphatic heterocycles. The molecule has 7 heteroatoms. The first-order chi connectivity index (χ1) is 16.3. The summed E-state index contributed by atoms with van der Waals surface area (Å²) in [6.45, 7) is 3.80. The van der Waals surface area contributed by atoms with Crippen molar-refractivity contribution in [3.63, 3.8) is 0 Å². The Morgan fingerprint density at radius 3 is 2.62 bits per heavy atom. The minimum Gasteiger partial charge on any atom is -0.481 e. The number of carboxylic acid groups (broad SMARTS) is 1. The van der Waals surface area contributed by atoms with Gasteiger partial charge in [-0.2, -0.15) is 0 Å². The fourth-order valence-electron chi connectivity index (χ4n) is 3.82. The van der Waals surface area contributed by atoms with Crippen molar-refractivity contribution in [2.45, 2.75) is 32.7 Å². The molecule has 174 valence electrons. The predicted molar refractivity (Wildman–Crippen MR) is 128 cm³/mol. The standard InChI is InChI=1S/C27H25FN2O4/c1-16-12-23(9-6-18(16)7-11-26(31)32)34-22-5-3-4-19(14-22)17(2)29-27(33)25-15-20-13-21(28)8-10-24(20)30-25/h3-6,8-10,12-15,17,30H,7,11H2,1-2H3,(H,29,33)(H,31,32). The number of benzene rings is 3. The van der Waals surface area contributed by atoms with E-state index in [-0.39, 0.29) is 24.2 Å². The van der Waals surface area contributed by atoms with Gasteiger partial charge in [-0.1, -0.05) is 18.2 Å². The first kappa shape index (κ1) is 23.0. The Labute approximate surface area is 196 Å². The van der Waals surface area contributed by atoms with Crippen molar-refractivity contribution >= 4 is 22.8 Å². The van der Waals surface area contributed by atoms with Crippen molar-refractivity contribution in [3.05, 3.63) is 94.9 Å². The monoisotopic (exact) mass is 460 g/mol. The second-order valence-electron chi connectivity index (χ2n) is 8.27. The molecule has 4 rings (SSSR count). The van der Waals surface area contributed by atoms with Crippen molar-refractivity contribution in [1.82, 2.24) is 10.3 Å². The van der Waals surface area contributed by atoms with Gasteiger partial charge >= 0.3 is 5.97 Å². The van der Waals surface area contributed by atoms with E-state index in [2.05, 4.69) is 10.3 Å². The van der Waals surface area contributed by atoms with Gasteiger partial charge in [0.1, 0.15) is 23.0 Å². The average molecular weight is 461 g/mol. The Bertz CT molecular complexity index is 1360. The molecule has 1 unspecified atom stereocenters. The number of H-pyrrole nitrogens is 1. The van der Waals surface area contributed by atoms with Crippen molar-refractivity contribution in [3.8, 4) is 11.5 Å². The van der Waals surface area contributed by atoms with Crippen molar-refractivity contribution in [2.24, 2.45) is 0 Å². The van der Waals surface area contributed by atoms with Gasteiger partial charge in [0.25, 0.3) is 5.91 Å².